The van der Waals surface area contributed by atoms with Gasteiger partial charge in [-0.05, 0) is 25.0 Å². The normalized spacial score (nSPS) is 18.0. The lowest BCUT2D eigenvalue weighted by Crippen LogP contribution is -2.48. The summed E-state index contributed by atoms with van der Waals surface area (Å²) >= 11 is 2.07. The summed E-state index contributed by atoms with van der Waals surface area (Å²) in [4.78, 5) is 6.64. The van der Waals surface area contributed by atoms with E-state index in [0.717, 1.165) is 50.9 Å². The molecule has 0 spiro atoms. The highest BCUT2D eigenvalue weighted by Crippen LogP contribution is 2.34. The van der Waals surface area contributed by atoms with Gasteiger partial charge < -0.3 is 15.0 Å². The maximum Gasteiger partial charge on any atom is 0.193 e. The number of unbranched alkanes of at least 4 members (excludes halogenated alkanes) is 1. The summed E-state index contributed by atoms with van der Waals surface area (Å²) in [5.41, 5.74) is 0. The summed E-state index contributed by atoms with van der Waals surface area (Å²) in [6.45, 7) is 8.28. The highest BCUT2D eigenvalue weighted by Gasteiger charge is 2.32. The standard InChI is InChI=1S/C15H31N3OS.HI/c1-5-7-10-18(4)14(16-3)17-13-15(20-6-2)8-11-19-12-9-15;/h5-13H2,1-4H3,(H,16,17);1H. The van der Waals surface area contributed by atoms with Gasteiger partial charge in [-0.1, -0.05) is 20.3 Å². The lowest BCUT2D eigenvalue weighted by Gasteiger charge is -2.37. The molecule has 126 valence electrons. The molecule has 1 heterocycles. The van der Waals surface area contributed by atoms with Gasteiger partial charge in [0.1, 0.15) is 0 Å². The Bertz CT molecular complexity index is 291. The Morgan fingerprint density at radius 1 is 1.33 bits per heavy atom. The van der Waals surface area contributed by atoms with E-state index in [1.807, 2.05) is 7.05 Å². The molecule has 0 aromatic rings. The molecular weight excluding hydrogens is 397 g/mol. The zero-order chi connectivity index (χ0) is 14.8. The van der Waals surface area contributed by atoms with Crippen LogP contribution >= 0.6 is 35.7 Å². The van der Waals surface area contributed by atoms with Crippen molar-refractivity contribution < 1.29 is 4.74 Å². The van der Waals surface area contributed by atoms with Crippen molar-refractivity contribution >= 4 is 41.7 Å². The Hall–Kier alpha value is 0.310. The molecule has 0 aliphatic carbocycles. The van der Waals surface area contributed by atoms with Crippen molar-refractivity contribution in [1.29, 1.82) is 0 Å². The van der Waals surface area contributed by atoms with Crippen molar-refractivity contribution in [1.82, 2.24) is 10.2 Å². The maximum absolute atomic E-state index is 5.52. The highest BCUT2D eigenvalue weighted by atomic mass is 127. The number of hydrogen-bond donors (Lipinski definition) is 1. The Labute approximate surface area is 151 Å². The monoisotopic (exact) mass is 429 g/mol. The SMILES string of the molecule is CCCCN(C)C(=NC)NCC1(SCC)CCOCC1.I. The van der Waals surface area contributed by atoms with Crippen molar-refractivity contribution in [2.75, 3.05) is 46.2 Å². The number of thioether (sulfide) groups is 1. The van der Waals surface area contributed by atoms with Gasteiger partial charge in [0.15, 0.2) is 5.96 Å². The Balaban J connectivity index is 0.00000400. The minimum atomic E-state index is 0. The second kappa shape index (κ2) is 11.8. The van der Waals surface area contributed by atoms with Crippen molar-refractivity contribution in [2.45, 2.75) is 44.3 Å². The van der Waals surface area contributed by atoms with Crippen LogP contribution in [0, 0.1) is 0 Å². The number of aliphatic imine (C=N–C) groups is 1. The topological polar surface area (TPSA) is 36.9 Å². The van der Waals surface area contributed by atoms with Gasteiger partial charge in [-0.2, -0.15) is 11.8 Å². The van der Waals surface area contributed by atoms with E-state index in [4.69, 9.17) is 4.74 Å². The molecule has 0 radical (unpaired) electrons. The molecule has 1 saturated heterocycles. The molecule has 1 aliphatic rings. The average Bonchev–Trinajstić information content (AvgIpc) is 2.47. The van der Waals surface area contributed by atoms with Crippen LogP contribution < -0.4 is 5.32 Å². The van der Waals surface area contributed by atoms with Crippen LogP contribution in [0.2, 0.25) is 0 Å². The van der Waals surface area contributed by atoms with Crippen molar-refractivity contribution in [2.24, 2.45) is 4.99 Å². The quantitative estimate of drug-likeness (QED) is 0.383. The van der Waals surface area contributed by atoms with E-state index in [2.05, 4.69) is 47.9 Å². The number of ether oxygens (including phenoxy) is 1. The molecule has 0 aromatic heterocycles. The van der Waals surface area contributed by atoms with Crippen molar-refractivity contribution in [3.63, 3.8) is 0 Å². The summed E-state index contributed by atoms with van der Waals surface area (Å²) in [5.74, 6) is 2.17. The molecule has 0 atom stereocenters. The third kappa shape index (κ3) is 7.41. The number of nitrogens with zero attached hydrogens (tertiary/aromatic N) is 2. The first kappa shape index (κ1) is 21.3. The number of rotatable bonds is 7. The van der Waals surface area contributed by atoms with Gasteiger partial charge in [-0.25, -0.2) is 0 Å². The summed E-state index contributed by atoms with van der Waals surface area (Å²) in [5, 5.41) is 3.57. The number of nitrogens with one attached hydrogen (secondary N) is 1. The van der Waals surface area contributed by atoms with E-state index in [0.29, 0.717) is 4.75 Å². The summed E-state index contributed by atoms with van der Waals surface area (Å²) in [6.07, 6.45) is 4.69. The minimum Gasteiger partial charge on any atom is -0.381 e. The van der Waals surface area contributed by atoms with Crippen LogP contribution in [0.15, 0.2) is 4.99 Å². The molecule has 0 amide bonds. The zero-order valence-corrected chi connectivity index (χ0v) is 17.1. The predicted molar refractivity (Wildman–Crippen MR) is 105 cm³/mol. The Kier molecular flexibility index (Phi) is 12.0. The summed E-state index contributed by atoms with van der Waals surface area (Å²) in [7, 11) is 3.99. The van der Waals surface area contributed by atoms with Crippen LogP contribution in [0.25, 0.3) is 0 Å². The van der Waals surface area contributed by atoms with Gasteiger partial charge in [0, 0.05) is 45.1 Å². The van der Waals surface area contributed by atoms with Gasteiger partial charge in [-0.3, -0.25) is 4.99 Å². The zero-order valence-electron chi connectivity index (χ0n) is 14.0. The van der Waals surface area contributed by atoms with Gasteiger partial charge in [0.05, 0.1) is 0 Å². The van der Waals surface area contributed by atoms with Crippen LogP contribution in [0.4, 0.5) is 0 Å². The summed E-state index contributed by atoms with van der Waals surface area (Å²) < 4.78 is 5.84. The molecule has 1 aliphatic heterocycles. The molecule has 0 aromatic carbocycles. The van der Waals surface area contributed by atoms with E-state index < -0.39 is 0 Å². The highest BCUT2D eigenvalue weighted by molar-refractivity contribution is 14.0. The third-order valence-corrected chi connectivity index (χ3v) is 5.30. The molecule has 0 unspecified atom stereocenters. The largest absolute Gasteiger partial charge is 0.381 e. The molecule has 1 N–H and O–H groups in total. The molecule has 1 fully saturated rings. The molecule has 21 heavy (non-hydrogen) atoms. The van der Waals surface area contributed by atoms with Gasteiger partial charge in [-0.15, -0.1) is 24.0 Å². The van der Waals surface area contributed by atoms with Gasteiger partial charge in [0.2, 0.25) is 0 Å². The molecular formula is C15H32IN3OS. The fourth-order valence-corrected chi connectivity index (χ4v) is 3.79. The van der Waals surface area contributed by atoms with Crippen LogP contribution in [0.1, 0.15) is 39.5 Å². The molecule has 1 rings (SSSR count). The molecule has 0 bridgehead atoms. The van der Waals surface area contributed by atoms with E-state index in [-0.39, 0.29) is 24.0 Å². The number of halogens is 1. The Morgan fingerprint density at radius 2 is 2.00 bits per heavy atom. The first-order valence-electron chi connectivity index (χ1n) is 7.81. The predicted octanol–water partition coefficient (Wildman–Crippen LogP) is 3.21. The van der Waals surface area contributed by atoms with Crippen LogP contribution in [0.5, 0.6) is 0 Å². The van der Waals surface area contributed by atoms with Gasteiger partial charge >= 0.3 is 0 Å². The van der Waals surface area contributed by atoms with Crippen LogP contribution in [-0.2, 0) is 4.74 Å². The first-order chi connectivity index (χ1) is 9.67. The second-order valence-electron chi connectivity index (χ2n) is 5.40. The van der Waals surface area contributed by atoms with Crippen molar-refractivity contribution in [3.05, 3.63) is 0 Å². The first-order valence-corrected chi connectivity index (χ1v) is 8.79. The average molecular weight is 429 g/mol. The lowest BCUT2D eigenvalue weighted by atomic mass is 9.99. The fourth-order valence-electron chi connectivity index (χ4n) is 2.55. The van der Waals surface area contributed by atoms with E-state index >= 15 is 0 Å². The molecule has 6 heteroatoms. The molecule has 4 nitrogen and oxygen atoms in total. The van der Waals surface area contributed by atoms with E-state index in [1.165, 1.54) is 12.8 Å². The number of hydrogen-bond acceptors (Lipinski definition) is 3. The van der Waals surface area contributed by atoms with E-state index in [1.54, 1.807) is 0 Å². The van der Waals surface area contributed by atoms with E-state index in [9.17, 15) is 0 Å². The molecule has 0 saturated carbocycles. The van der Waals surface area contributed by atoms with Crippen LogP contribution in [-0.4, -0.2) is 61.8 Å². The van der Waals surface area contributed by atoms with Gasteiger partial charge in [0.25, 0.3) is 0 Å². The summed E-state index contributed by atoms with van der Waals surface area (Å²) in [6, 6.07) is 0. The number of guanidine groups is 1. The lowest BCUT2D eigenvalue weighted by molar-refractivity contribution is 0.0781. The maximum atomic E-state index is 5.52. The smallest absolute Gasteiger partial charge is 0.193 e. The van der Waals surface area contributed by atoms with Crippen LogP contribution in [0.3, 0.4) is 0 Å². The Morgan fingerprint density at radius 3 is 2.52 bits per heavy atom. The van der Waals surface area contributed by atoms with Crippen molar-refractivity contribution in [3.8, 4) is 0 Å². The fraction of sp³-hybridized carbons (Fsp3) is 0.933. The second-order valence-corrected chi connectivity index (χ2v) is 7.14. The third-order valence-electron chi connectivity index (χ3n) is 3.84. The minimum absolute atomic E-state index is 0.